The maximum absolute atomic E-state index is 11.5. The Bertz CT molecular complexity index is 1930. The van der Waals surface area contributed by atoms with Crippen LogP contribution in [-0.2, 0) is 41.7 Å². The molecule has 6 N–H and O–H groups in total. The summed E-state index contributed by atoms with van der Waals surface area (Å²) in [5.41, 5.74) is 4.64. The number of ether oxygens (including phenoxy) is 3. The Morgan fingerprint density at radius 3 is 2.09 bits per heavy atom. The van der Waals surface area contributed by atoms with E-state index in [1.165, 1.54) is 11.1 Å². The number of thiophene rings is 1. The van der Waals surface area contributed by atoms with E-state index >= 15 is 0 Å². The number of methoxy groups -OCH3 is 1. The van der Waals surface area contributed by atoms with Crippen LogP contribution in [0.1, 0.15) is 29.5 Å². The zero-order chi connectivity index (χ0) is 40.1. The molecule has 294 valence electrons. The standard InChI is InChI=1S/C34H38N2O6S.2C2H2O4/c1-40-31-20-23(4-5-25(31)22-35-13-16-41-17-14-35)19-29-28-11-8-26(37)21-32(28)43-33(29)24-6-9-27(10-7-24)42-18-15-36-12-2-3-30(36)34(38)39;2*3-1(4)2(5)6/h4-11,20-21,30,37H,2-3,12-19,22H2,1H3,(H,38,39);2*(H,3,4)(H,5,6)/t30-;;/m0../s1. The summed E-state index contributed by atoms with van der Waals surface area (Å²) in [6, 6.07) is 19.8. The number of benzene rings is 3. The fourth-order valence-corrected chi connectivity index (χ4v) is 7.40. The molecule has 3 aromatic carbocycles. The summed E-state index contributed by atoms with van der Waals surface area (Å²) < 4.78 is 18.4. The van der Waals surface area contributed by atoms with E-state index in [1.807, 2.05) is 29.2 Å². The third-order valence-corrected chi connectivity index (χ3v) is 10.0. The van der Waals surface area contributed by atoms with Crippen molar-refractivity contribution in [2.24, 2.45) is 0 Å². The van der Waals surface area contributed by atoms with Crippen LogP contribution in [0.3, 0.4) is 0 Å². The summed E-state index contributed by atoms with van der Waals surface area (Å²) in [7, 11) is 1.73. The van der Waals surface area contributed by atoms with Crippen LogP contribution in [0.2, 0.25) is 0 Å². The van der Waals surface area contributed by atoms with E-state index < -0.39 is 35.9 Å². The normalized spacial score (nSPS) is 15.5. The van der Waals surface area contributed by atoms with Gasteiger partial charge in [-0.3, -0.25) is 14.6 Å². The number of phenolic OH excluding ortho intramolecular Hbond substituents is 1. The molecule has 16 nitrogen and oxygen atoms in total. The van der Waals surface area contributed by atoms with Crippen LogP contribution in [0.15, 0.2) is 60.7 Å². The van der Waals surface area contributed by atoms with E-state index in [0.717, 1.165) is 89.8 Å². The molecule has 0 saturated carbocycles. The number of hydrogen-bond acceptors (Lipinski definition) is 12. The zero-order valence-corrected chi connectivity index (χ0v) is 30.7. The molecular weight excluding hydrogens is 740 g/mol. The Hall–Kier alpha value is -5.75. The van der Waals surface area contributed by atoms with Gasteiger partial charge in [-0.1, -0.05) is 12.1 Å². The Labute approximate surface area is 319 Å². The lowest BCUT2D eigenvalue weighted by Gasteiger charge is -2.27. The van der Waals surface area contributed by atoms with Crippen molar-refractivity contribution in [3.05, 3.63) is 77.4 Å². The second-order valence-corrected chi connectivity index (χ2v) is 13.5. The summed E-state index contributed by atoms with van der Waals surface area (Å²) >= 11 is 1.68. The van der Waals surface area contributed by atoms with Crippen LogP contribution in [0.25, 0.3) is 20.5 Å². The van der Waals surface area contributed by atoms with Gasteiger partial charge >= 0.3 is 29.8 Å². The van der Waals surface area contributed by atoms with Crippen LogP contribution < -0.4 is 9.47 Å². The van der Waals surface area contributed by atoms with Gasteiger partial charge in [0.05, 0.1) is 20.3 Å². The molecule has 0 amide bonds. The molecular formula is C38H42N2O14S. The molecule has 0 spiro atoms. The van der Waals surface area contributed by atoms with E-state index in [0.29, 0.717) is 19.6 Å². The largest absolute Gasteiger partial charge is 0.508 e. The highest BCUT2D eigenvalue weighted by molar-refractivity contribution is 7.22. The second kappa shape index (κ2) is 20.1. The van der Waals surface area contributed by atoms with Crippen molar-refractivity contribution in [2.45, 2.75) is 31.8 Å². The van der Waals surface area contributed by atoms with Gasteiger partial charge in [-0.2, -0.15) is 0 Å². The lowest BCUT2D eigenvalue weighted by Crippen LogP contribution is -2.38. The van der Waals surface area contributed by atoms with E-state index in [2.05, 4.69) is 35.2 Å². The summed E-state index contributed by atoms with van der Waals surface area (Å²) in [6.07, 6.45) is 2.34. The molecule has 0 radical (unpaired) electrons. The summed E-state index contributed by atoms with van der Waals surface area (Å²) in [6.45, 7) is 6.06. The number of aliphatic carboxylic acids is 5. The molecule has 4 aromatic rings. The van der Waals surface area contributed by atoms with Crippen molar-refractivity contribution in [1.82, 2.24) is 9.80 Å². The van der Waals surface area contributed by atoms with Gasteiger partial charge < -0.3 is 44.8 Å². The number of hydrogen-bond donors (Lipinski definition) is 6. The maximum Gasteiger partial charge on any atom is 0.414 e. The van der Waals surface area contributed by atoms with Crippen molar-refractivity contribution in [3.63, 3.8) is 0 Å². The van der Waals surface area contributed by atoms with Crippen molar-refractivity contribution >= 4 is 51.3 Å². The topological polar surface area (TPSA) is 241 Å². The number of carboxylic acids is 5. The third-order valence-electron chi connectivity index (χ3n) is 8.78. The van der Waals surface area contributed by atoms with Crippen molar-refractivity contribution < 1.29 is 68.8 Å². The van der Waals surface area contributed by atoms with E-state index in [1.54, 1.807) is 24.5 Å². The summed E-state index contributed by atoms with van der Waals surface area (Å²) in [5.74, 6) is -6.14. The van der Waals surface area contributed by atoms with Gasteiger partial charge in [0.15, 0.2) is 0 Å². The van der Waals surface area contributed by atoms with Crippen molar-refractivity contribution in [1.29, 1.82) is 0 Å². The number of likely N-dealkylation sites (tertiary alicyclic amines) is 1. The molecule has 0 unspecified atom stereocenters. The van der Waals surface area contributed by atoms with Gasteiger partial charge in [0.2, 0.25) is 0 Å². The molecule has 2 saturated heterocycles. The Balaban J connectivity index is 0.000000488. The van der Waals surface area contributed by atoms with Crippen LogP contribution in [0.4, 0.5) is 0 Å². The number of aromatic hydroxyl groups is 1. The first-order valence-electron chi connectivity index (χ1n) is 17.1. The maximum atomic E-state index is 11.5. The molecule has 2 fully saturated rings. The quantitative estimate of drug-likeness (QED) is 0.118. The number of carbonyl (C=O) groups is 5. The molecule has 1 atom stereocenters. The van der Waals surface area contributed by atoms with Crippen molar-refractivity contribution in [2.75, 3.05) is 53.1 Å². The van der Waals surface area contributed by atoms with E-state index in [-0.39, 0.29) is 5.75 Å². The minimum atomic E-state index is -1.82. The first-order chi connectivity index (χ1) is 26.3. The third kappa shape index (κ3) is 12.1. The minimum absolute atomic E-state index is 0.257. The fourth-order valence-electron chi connectivity index (χ4n) is 6.14. The highest BCUT2D eigenvalue weighted by Crippen LogP contribution is 2.42. The molecule has 6 rings (SSSR count). The van der Waals surface area contributed by atoms with Gasteiger partial charge in [-0.15, -0.1) is 11.3 Å². The number of nitrogens with zero attached hydrogens (tertiary/aromatic N) is 2. The monoisotopic (exact) mass is 782 g/mol. The molecule has 2 aliphatic rings. The van der Waals surface area contributed by atoms with E-state index in [9.17, 15) is 15.0 Å². The average molecular weight is 783 g/mol. The van der Waals surface area contributed by atoms with Gasteiger partial charge in [0, 0.05) is 41.3 Å². The van der Waals surface area contributed by atoms with E-state index in [4.69, 9.17) is 53.8 Å². The summed E-state index contributed by atoms with van der Waals surface area (Å²) in [4.78, 5) is 53.4. The summed E-state index contributed by atoms with van der Waals surface area (Å²) in [5, 5.41) is 50.3. The van der Waals surface area contributed by atoms with Crippen LogP contribution in [0.5, 0.6) is 17.2 Å². The Morgan fingerprint density at radius 1 is 0.836 bits per heavy atom. The molecule has 1 aromatic heterocycles. The highest BCUT2D eigenvalue weighted by Gasteiger charge is 2.30. The zero-order valence-electron chi connectivity index (χ0n) is 29.9. The Morgan fingerprint density at radius 2 is 1.49 bits per heavy atom. The molecule has 55 heavy (non-hydrogen) atoms. The minimum Gasteiger partial charge on any atom is -0.508 e. The smallest absolute Gasteiger partial charge is 0.414 e. The lowest BCUT2D eigenvalue weighted by molar-refractivity contribution is -0.159. The van der Waals surface area contributed by atoms with Gasteiger partial charge in [0.1, 0.15) is 29.9 Å². The predicted octanol–water partition coefficient (Wildman–Crippen LogP) is 3.94. The number of rotatable bonds is 11. The van der Waals surface area contributed by atoms with Crippen LogP contribution in [-0.4, -0.2) is 129 Å². The molecule has 3 heterocycles. The van der Waals surface area contributed by atoms with Gasteiger partial charge in [0.25, 0.3) is 0 Å². The lowest BCUT2D eigenvalue weighted by atomic mass is 9.97. The van der Waals surface area contributed by atoms with Crippen LogP contribution in [0, 0.1) is 0 Å². The molecule has 0 bridgehead atoms. The van der Waals surface area contributed by atoms with Crippen LogP contribution >= 0.6 is 11.3 Å². The first-order valence-corrected chi connectivity index (χ1v) is 17.9. The Kier molecular flexibility index (Phi) is 15.3. The predicted molar refractivity (Wildman–Crippen MR) is 199 cm³/mol. The fraction of sp³-hybridized carbons (Fsp3) is 0.342. The molecule has 17 heteroatoms. The molecule has 2 aliphatic heterocycles. The number of carboxylic acid groups (broad SMARTS) is 5. The first kappa shape index (κ1) is 42.0. The highest BCUT2D eigenvalue weighted by atomic mass is 32.1. The molecule has 0 aliphatic carbocycles. The number of morpholine rings is 1. The second-order valence-electron chi connectivity index (χ2n) is 12.4. The van der Waals surface area contributed by atoms with Gasteiger partial charge in [-0.05, 0) is 96.4 Å². The van der Waals surface area contributed by atoms with Gasteiger partial charge in [-0.25, -0.2) is 19.2 Å². The van der Waals surface area contributed by atoms with Crippen molar-refractivity contribution in [3.8, 4) is 27.7 Å². The SMILES string of the molecule is COc1cc(Cc2c(-c3ccc(OCCN4CCC[C@H]4C(=O)O)cc3)sc3cc(O)ccc23)ccc1CN1CCOCC1.O=C(O)C(=O)O.O=C(O)C(=O)O. The number of phenols is 1. The number of fused-ring (bicyclic) bond motifs is 1. The average Bonchev–Trinajstić information content (AvgIpc) is 3.78.